The molecule has 2 saturated heterocycles. The van der Waals surface area contributed by atoms with Crippen molar-refractivity contribution in [2.24, 2.45) is 10.9 Å². The number of alkyl halides is 3. The minimum Gasteiger partial charge on any atom is -0.379 e. The highest BCUT2D eigenvalue weighted by Crippen LogP contribution is 2.31. The predicted octanol–water partition coefficient (Wildman–Crippen LogP) is 4.44. The van der Waals surface area contributed by atoms with Gasteiger partial charge in [-0.3, -0.25) is 9.89 Å². The molecule has 2 unspecified atom stereocenters. The van der Waals surface area contributed by atoms with Gasteiger partial charge in [0.1, 0.15) is 0 Å². The lowest BCUT2D eigenvalue weighted by atomic mass is 9.96. The summed E-state index contributed by atoms with van der Waals surface area (Å²) in [5.74, 6) is 1.57. The number of rotatable bonds is 7. The van der Waals surface area contributed by atoms with Crippen molar-refractivity contribution < 1.29 is 17.9 Å². The van der Waals surface area contributed by atoms with E-state index in [2.05, 4.69) is 22.0 Å². The molecule has 1 N–H and O–H groups in total. The second-order valence-electron chi connectivity index (χ2n) is 8.56. The summed E-state index contributed by atoms with van der Waals surface area (Å²) in [6, 6.07) is 5.64. The number of hydrogen-bond acceptors (Lipinski definition) is 3. The van der Waals surface area contributed by atoms with Crippen LogP contribution in [0.2, 0.25) is 0 Å². The molecular formula is C23H36F3IN4O. The average Bonchev–Trinajstić information content (AvgIpc) is 3.21. The van der Waals surface area contributed by atoms with E-state index in [0.717, 1.165) is 70.9 Å². The van der Waals surface area contributed by atoms with Crippen molar-refractivity contribution in [3.05, 3.63) is 35.4 Å². The maximum absolute atomic E-state index is 13.0. The van der Waals surface area contributed by atoms with Crippen molar-refractivity contribution in [3.63, 3.8) is 0 Å². The van der Waals surface area contributed by atoms with Crippen molar-refractivity contribution in [2.75, 3.05) is 59.0 Å². The van der Waals surface area contributed by atoms with Crippen LogP contribution < -0.4 is 5.32 Å². The first kappa shape index (κ1) is 27.2. The summed E-state index contributed by atoms with van der Waals surface area (Å²) in [5.41, 5.74) is 0.124. The van der Waals surface area contributed by atoms with E-state index in [1.165, 1.54) is 12.1 Å². The van der Waals surface area contributed by atoms with Gasteiger partial charge in [-0.15, -0.1) is 24.0 Å². The lowest BCUT2D eigenvalue weighted by Gasteiger charge is -2.29. The van der Waals surface area contributed by atoms with Gasteiger partial charge in [0.05, 0.1) is 18.8 Å². The molecule has 2 aliphatic heterocycles. The first-order valence-electron chi connectivity index (χ1n) is 11.4. The first-order chi connectivity index (χ1) is 14.9. The van der Waals surface area contributed by atoms with Crippen LogP contribution in [0.5, 0.6) is 0 Å². The van der Waals surface area contributed by atoms with Gasteiger partial charge in [0.15, 0.2) is 5.96 Å². The highest BCUT2D eigenvalue weighted by atomic mass is 127. The fourth-order valence-corrected chi connectivity index (χ4v) is 4.30. The van der Waals surface area contributed by atoms with Crippen LogP contribution in [0.15, 0.2) is 29.3 Å². The Morgan fingerprint density at radius 1 is 1.25 bits per heavy atom. The fourth-order valence-electron chi connectivity index (χ4n) is 4.30. The number of nitrogens with one attached hydrogen (secondary N) is 1. The van der Waals surface area contributed by atoms with Gasteiger partial charge >= 0.3 is 6.18 Å². The number of benzene rings is 1. The van der Waals surface area contributed by atoms with Gasteiger partial charge in [0.25, 0.3) is 0 Å². The van der Waals surface area contributed by atoms with E-state index in [1.54, 1.807) is 6.07 Å². The molecule has 0 aromatic heterocycles. The third kappa shape index (κ3) is 8.06. The van der Waals surface area contributed by atoms with E-state index >= 15 is 0 Å². The van der Waals surface area contributed by atoms with E-state index in [0.29, 0.717) is 24.4 Å². The van der Waals surface area contributed by atoms with Crippen LogP contribution in [-0.2, 0) is 10.9 Å². The van der Waals surface area contributed by atoms with Crippen molar-refractivity contribution in [3.8, 4) is 0 Å². The number of ether oxygens (including phenoxy) is 1. The van der Waals surface area contributed by atoms with E-state index in [9.17, 15) is 13.2 Å². The predicted molar refractivity (Wildman–Crippen MR) is 133 cm³/mol. The summed E-state index contributed by atoms with van der Waals surface area (Å²) < 4.78 is 44.4. The Balaban J connectivity index is 0.00000363. The fraction of sp³-hybridized carbons (Fsp3) is 0.696. The molecule has 182 valence electrons. The van der Waals surface area contributed by atoms with Crippen LogP contribution in [0.3, 0.4) is 0 Å². The van der Waals surface area contributed by atoms with E-state index < -0.39 is 11.7 Å². The van der Waals surface area contributed by atoms with Gasteiger partial charge in [0, 0.05) is 45.8 Å². The maximum Gasteiger partial charge on any atom is 0.416 e. The van der Waals surface area contributed by atoms with Crippen molar-refractivity contribution in [2.45, 2.75) is 38.8 Å². The van der Waals surface area contributed by atoms with Gasteiger partial charge in [-0.05, 0) is 43.2 Å². The second kappa shape index (κ2) is 13.0. The van der Waals surface area contributed by atoms with Crippen molar-refractivity contribution in [1.29, 1.82) is 0 Å². The molecule has 2 heterocycles. The van der Waals surface area contributed by atoms with Gasteiger partial charge in [-0.1, -0.05) is 25.1 Å². The maximum atomic E-state index is 13.0. The molecule has 0 saturated carbocycles. The highest BCUT2D eigenvalue weighted by Gasteiger charge is 2.31. The number of aliphatic imine (C=N–C) groups is 1. The lowest BCUT2D eigenvalue weighted by molar-refractivity contribution is -0.137. The van der Waals surface area contributed by atoms with E-state index in [4.69, 9.17) is 9.73 Å². The minimum atomic E-state index is -4.31. The standard InChI is InChI=1S/C23H35F3N4O.HI/c1-3-27-22(30-10-8-19(17-30)16-29-11-13-31-14-12-29)28-9-7-18(2)20-5-4-6-21(15-20)23(24,25)26;/h4-6,15,18-19H,3,7-14,16-17H2,1-2H3,(H,27,28);1H. The van der Waals surface area contributed by atoms with Crippen LogP contribution >= 0.6 is 24.0 Å². The first-order valence-corrected chi connectivity index (χ1v) is 11.4. The van der Waals surface area contributed by atoms with Crippen LogP contribution in [0.4, 0.5) is 13.2 Å². The molecular weight excluding hydrogens is 532 g/mol. The van der Waals surface area contributed by atoms with Crippen LogP contribution in [-0.4, -0.2) is 74.8 Å². The zero-order valence-corrected chi connectivity index (χ0v) is 21.4. The number of morpholine rings is 1. The Kier molecular flexibility index (Phi) is 11.0. The molecule has 2 atom stereocenters. The second-order valence-corrected chi connectivity index (χ2v) is 8.56. The smallest absolute Gasteiger partial charge is 0.379 e. The Bertz CT molecular complexity index is 725. The molecule has 0 spiro atoms. The number of nitrogens with zero attached hydrogens (tertiary/aromatic N) is 3. The van der Waals surface area contributed by atoms with Gasteiger partial charge in [0.2, 0.25) is 0 Å². The largest absolute Gasteiger partial charge is 0.416 e. The van der Waals surface area contributed by atoms with E-state index in [1.807, 2.05) is 6.92 Å². The molecule has 0 bridgehead atoms. The molecule has 1 aromatic carbocycles. The molecule has 2 aliphatic rings. The Hall–Kier alpha value is -1.07. The normalized spacial score (nSPS) is 21.3. The summed E-state index contributed by atoms with van der Waals surface area (Å²) in [7, 11) is 0. The van der Waals surface area contributed by atoms with Crippen molar-refractivity contribution in [1.82, 2.24) is 15.1 Å². The zero-order valence-electron chi connectivity index (χ0n) is 19.0. The quantitative estimate of drug-likeness (QED) is 0.300. The summed E-state index contributed by atoms with van der Waals surface area (Å²) in [6.45, 7) is 12.2. The monoisotopic (exact) mass is 568 g/mol. The number of hydrogen-bond donors (Lipinski definition) is 1. The molecule has 32 heavy (non-hydrogen) atoms. The number of halogens is 4. The molecule has 0 aliphatic carbocycles. The molecule has 5 nitrogen and oxygen atoms in total. The minimum absolute atomic E-state index is 0. The van der Waals surface area contributed by atoms with Gasteiger partial charge in [-0.25, -0.2) is 0 Å². The SMILES string of the molecule is CCNC(=NCCC(C)c1cccc(C(F)(F)F)c1)N1CCC(CN2CCOCC2)C1.I. The third-order valence-electron chi connectivity index (χ3n) is 6.15. The summed E-state index contributed by atoms with van der Waals surface area (Å²) in [5, 5.41) is 3.38. The third-order valence-corrected chi connectivity index (χ3v) is 6.15. The van der Waals surface area contributed by atoms with Gasteiger partial charge in [-0.2, -0.15) is 13.2 Å². The molecule has 9 heteroatoms. The molecule has 0 amide bonds. The van der Waals surface area contributed by atoms with Crippen molar-refractivity contribution >= 4 is 29.9 Å². The Morgan fingerprint density at radius 3 is 2.69 bits per heavy atom. The summed E-state index contributed by atoms with van der Waals surface area (Å²) in [4.78, 5) is 9.60. The Labute approximate surface area is 206 Å². The average molecular weight is 568 g/mol. The van der Waals surface area contributed by atoms with Crippen LogP contribution in [0.25, 0.3) is 0 Å². The number of likely N-dealkylation sites (tertiary alicyclic amines) is 1. The molecule has 2 fully saturated rings. The zero-order chi connectivity index (χ0) is 22.3. The van der Waals surface area contributed by atoms with E-state index in [-0.39, 0.29) is 29.9 Å². The molecule has 0 radical (unpaired) electrons. The molecule has 1 aromatic rings. The van der Waals surface area contributed by atoms with Crippen LogP contribution in [0, 0.1) is 5.92 Å². The van der Waals surface area contributed by atoms with Gasteiger partial charge < -0.3 is 15.0 Å². The lowest BCUT2D eigenvalue weighted by Crippen LogP contribution is -2.42. The highest BCUT2D eigenvalue weighted by molar-refractivity contribution is 14.0. The Morgan fingerprint density at radius 2 is 2.00 bits per heavy atom. The topological polar surface area (TPSA) is 40.1 Å². The molecule has 3 rings (SSSR count). The summed E-state index contributed by atoms with van der Waals surface area (Å²) in [6.07, 6.45) is -2.44. The van der Waals surface area contributed by atoms with Crippen LogP contribution in [0.1, 0.15) is 43.7 Å². The summed E-state index contributed by atoms with van der Waals surface area (Å²) >= 11 is 0. The number of guanidine groups is 1.